The third-order valence-corrected chi connectivity index (χ3v) is 5.19. The maximum atomic E-state index is 12.7. The molecule has 7 nitrogen and oxygen atoms in total. The van der Waals surface area contributed by atoms with Gasteiger partial charge in [0, 0.05) is 17.5 Å². The van der Waals surface area contributed by atoms with Crippen LogP contribution in [0.3, 0.4) is 0 Å². The van der Waals surface area contributed by atoms with Crippen LogP contribution in [0.25, 0.3) is 10.8 Å². The predicted octanol–water partition coefficient (Wildman–Crippen LogP) is 2.19. The molecule has 0 spiro atoms. The number of likely N-dealkylation sites (tertiary alicyclic amines) is 1. The summed E-state index contributed by atoms with van der Waals surface area (Å²) in [6, 6.07) is 7.24. The number of aromatic nitrogens is 2. The average Bonchev–Trinajstić information content (AvgIpc) is 2.64. The number of fused-ring (bicyclic) bond motifs is 1. The van der Waals surface area contributed by atoms with Crippen LogP contribution in [0.4, 0.5) is 0 Å². The van der Waals surface area contributed by atoms with Crippen molar-refractivity contribution in [3.8, 4) is 0 Å². The fraction of sp³-hybridized carbons (Fsp3) is 0.500. The van der Waals surface area contributed by atoms with Crippen molar-refractivity contribution >= 4 is 22.6 Å². The van der Waals surface area contributed by atoms with E-state index in [1.54, 1.807) is 31.2 Å². The summed E-state index contributed by atoms with van der Waals surface area (Å²) in [5.41, 5.74) is 0.119. The molecular formula is C20H25N3O4. The largest absolute Gasteiger partial charge is 0.452 e. The Bertz CT molecular complexity index is 897. The first-order valence-corrected chi connectivity index (χ1v) is 9.36. The Kier molecular flexibility index (Phi) is 5.58. The summed E-state index contributed by atoms with van der Waals surface area (Å²) in [4.78, 5) is 38.8. The Labute approximate surface area is 157 Å². The average molecular weight is 371 g/mol. The Balaban J connectivity index is 1.70. The van der Waals surface area contributed by atoms with Crippen molar-refractivity contribution in [2.75, 3.05) is 0 Å². The summed E-state index contributed by atoms with van der Waals surface area (Å²) >= 11 is 0. The number of H-pyrrole nitrogens is 1. The molecule has 0 aliphatic carbocycles. The molecule has 2 aromatic rings. The van der Waals surface area contributed by atoms with E-state index in [9.17, 15) is 14.4 Å². The van der Waals surface area contributed by atoms with Gasteiger partial charge in [-0.3, -0.25) is 14.4 Å². The van der Waals surface area contributed by atoms with E-state index in [0.717, 1.165) is 19.3 Å². The van der Waals surface area contributed by atoms with E-state index in [2.05, 4.69) is 10.2 Å². The number of nitrogens with one attached hydrogen (secondary N) is 1. The van der Waals surface area contributed by atoms with Gasteiger partial charge in [-0.25, -0.2) is 5.10 Å². The maximum absolute atomic E-state index is 12.7. The van der Waals surface area contributed by atoms with Crippen LogP contribution in [0.15, 0.2) is 29.1 Å². The number of esters is 1. The summed E-state index contributed by atoms with van der Waals surface area (Å²) in [5.74, 6) is -0.708. The molecule has 144 valence electrons. The number of benzene rings is 1. The molecule has 3 atom stereocenters. The second-order valence-corrected chi connectivity index (χ2v) is 7.23. The van der Waals surface area contributed by atoms with Gasteiger partial charge < -0.3 is 9.64 Å². The van der Waals surface area contributed by atoms with E-state index < -0.39 is 12.1 Å². The highest BCUT2D eigenvalue weighted by Crippen LogP contribution is 2.24. The van der Waals surface area contributed by atoms with Crippen LogP contribution in [-0.4, -0.2) is 45.2 Å². The zero-order chi connectivity index (χ0) is 19.6. The molecule has 1 amide bonds. The zero-order valence-corrected chi connectivity index (χ0v) is 15.9. The molecule has 1 aromatic heterocycles. The third-order valence-electron chi connectivity index (χ3n) is 5.19. The number of piperidine rings is 1. The predicted molar refractivity (Wildman–Crippen MR) is 101 cm³/mol. The van der Waals surface area contributed by atoms with Crippen LogP contribution in [0.2, 0.25) is 0 Å². The van der Waals surface area contributed by atoms with Gasteiger partial charge in [0.2, 0.25) is 0 Å². The van der Waals surface area contributed by atoms with Crippen LogP contribution >= 0.6 is 0 Å². The van der Waals surface area contributed by atoms with Crippen molar-refractivity contribution in [2.24, 2.45) is 0 Å². The fourth-order valence-corrected chi connectivity index (χ4v) is 3.80. The molecule has 1 N–H and O–H groups in total. The first kappa shape index (κ1) is 19.1. The van der Waals surface area contributed by atoms with Crippen molar-refractivity contribution in [1.82, 2.24) is 15.1 Å². The number of rotatable bonds is 4. The lowest BCUT2D eigenvalue weighted by atomic mass is 9.97. The second kappa shape index (κ2) is 7.90. The summed E-state index contributed by atoms with van der Waals surface area (Å²) in [7, 11) is 0. The number of ether oxygens (including phenoxy) is 1. The molecule has 0 bridgehead atoms. The first-order chi connectivity index (χ1) is 12.9. The monoisotopic (exact) mass is 371 g/mol. The molecule has 7 heteroatoms. The van der Waals surface area contributed by atoms with Gasteiger partial charge in [0.25, 0.3) is 11.5 Å². The summed E-state index contributed by atoms with van der Waals surface area (Å²) < 4.78 is 5.38. The summed E-state index contributed by atoms with van der Waals surface area (Å²) in [6.07, 6.45) is 2.06. The lowest BCUT2D eigenvalue weighted by Gasteiger charge is -2.40. The Hall–Kier alpha value is -2.70. The molecule has 0 unspecified atom stereocenters. The highest BCUT2D eigenvalue weighted by molar-refractivity contribution is 5.88. The first-order valence-electron chi connectivity index (χ1n) is 9.36. The van der Waals surface area contributed by atoms with E-state index in [1.807, 2.05) is 18.7 Å². The molecule has 1 saturated heterocycles. The molecule has 1 aliphatic rings. The van der Waals surface area contributed by atoms with Gasteiger partial charge in [-0.15, -0.1) is 0 Å². The third kappa shape index (κ3) is 4.02. The van der Waals surface area contributed by atoms with Crippen molar-refractivity contribution in [3.63, 3.8) is 0 Å². The topological polar surface area (TPSA) is 92.4 Å². The molecule has 0 saturated carbocycles. The Morgan fingerprint density at radius 1 is 1.22 bits per heavy atom. The van der Waals surface area contributed by atoms with Gasteiger partial charge >= 0.3 is 5.97 Å². The van der Waals surface area contributed by atoms with E-state index in [1.165, 1.54) is 0 Å². The molecule has 27 heavy (non-hydrogen) atoms. The van der Waals surface area contributed by atoms with Gasteiger partial charge in [0.1, 0.15) is 0 Å². The molecule has 0 radical (unpaired) electrons. The smallest absolute Gasteiger partial charge is 0.312 e. The van der Waals surface area contributed by atoms with Gasteiger partial charge in [0.15, 0.2) is 6.10 Å². The van der Waals surface area contributed by atoms with Crippen LogP contribution in [0, 0.1) is 0 Å². The second-order valence-electron chi connectivity index (χ2n) is 7.23. The van der Waals surface area contributed by atoms with Crippen molar-refractivity contribution in [2.45, 2.75) is 64.6 Å². The van der Waals surface area contributed by atoms with Crippen molar-refractivity contribution < 1.29 is 14.3 Å². The lowest BCUT2D eigenvalue weighted by molar-refractivity contribution is -0.161. The van der Waals surface area contributed by atoms with E-state index in [4.69, 9.17) is 4.74 Å². The number of aromatic amines is 1. The number of nitrogens with zero attached hydrogens (tertiary/aromatic N) is 2. The van der Waals surface area contributed by atoms with Gasteiger partial charge in [-0.05, 0) is 46.1 Å². The quantitative estimate of drug-likeness (QED) is 0.832. The summed E-state index contributed by atoms with van der Waals surface area (Å²) in [5, 5.41) is 7.45. The van der Waals surface area contributed by atoms with E-state index in [0.29, 0.717) is 16.5 Å². The number of carbonyl (C=O) groups excluding carboxylic acids is 2. The van der Waals surface area contributed by atoms with Gasteiger partial charge in [0.05, 0.1) is 17.5 Å². The minimum absolute atomic E-state index is 0.111. The highest BCUT2D eigenvalue weighted by atomic mass is 16.5. The van der Waals surface area contributed by atoms with Crippen molar-refractivity contribution in [1.29, 1.82) is 0 Å². The molecule has 2 heterocycles. The Morgan fingerprint density at radius 2 is 1.85 bits per heavy atom. The molecular weight excluding hydrogens is 346 g/mol. The minimum atomic E-state index is -0.852. The van der Waals surface area contributed by atoms with Crippen LogP contribution < -0.4 is 5.56 Å². The van der Waals surface area contributed by atoms with Crippen LogP contribution in [0.5, 0.6) is 0 Å². The minimum Gasteiger partial charge on any atom is -0.452 e. The van der Waals surface area contributed by atoms with Gasteiger partial charge in [-0.2, -0.15) is 5.10 Å². The SMILES string of the molecule is C[C@@H]1CCC[C@@H](C)N1C(=O)[C@@H](C)OC(=O)Cc1n[nH]c(=O)c2ccccc12. The van der Waals surface area contributed by atoms with E-state index in [-0.39, 0.29) is 30.0 Å². The fourth-order valence-electron chi connectivity index (χ4n) is 3.80. The maximum Gasteiger partial charge on any atom is 0.312 e. The summed E-state index contributed by atoms with van der Waals surface area (Å²) in [6.45, 7) is 5.66. The van der Waals surface area contributed by atoms with Crippen molar-refractivity contribution in [3.05, 3.63) is 40.3 Å². The van der Waals surface area contributed by atoms with E-state index >= 15 is 0 Å². The highest BCUT2D eigenvalue weighted by Gasteiger charge is 2.33. The lowest BCUT2D eigenvalue weighted by Crippen LogP contribution is -2.51. The standard InChI is InChI=1S/C20H25N3O4/c1-12-7-6-8-13(2)23(12)20(26)14(3)27-18(24)11-17-15-9-4-5-10-16(15)19(25)22-21-17/h4-5,9-10,12-14H,6-8,11H2,1-3H3,(H,22,25)/t12-,13-,14-/m1/s1. The molecule has 1 aliphatic heterocycles. The number of carbonyl (C=O) groups is 2. The van der Waals surface area contributed by atoms with Gasteiger partial charge in [-0.1, -0.05) is 18.2 Å². The normalized spacial score (nSPS) is 21.1. The number of hydrogen-bond donors (Lipinski definition) is 1. The number of hydrogen-bond acceptors (Lipinski definition) is 5. The molecule has 1 aromatic carbocycles. The number of amides is 1. The zero-order valence-electron chi connectivity index (χ0n) is 15.9. The molecule has 1 fully saturated rings. The Morgan fingerprint density at radius 3 is 2.52 bits per heavy atom. The van der Waals surface area contributed by atoms with Crippen LogP contribution in [0.1, 0.15) is 45.7 Å². The molecule has 3 rings (SSSR count). The van der Waals surface area contributed by atoms with Crippen LogP contribution in [-0.2, 0) is 20.7 Å².